The van der Waals surface area contributed by atoms with E-state index in [-0.39, 0.29) is 5.91 Å². The average Bonchev–Trinajstić information content (AvgIpc) is 3.21. The Bertz CT molecular complexity index is 812. The highest BCUT2D eigenvalue weighted by atomic mass is 32.1. The molecule has 1 atom stereocenters. The van der Waals surface area contributed by atoms with E-state index in [1.807, 2.05) is 29.8 Å². The summed E-state index contributed by atoms with van der Waals surface area (Å²) < 4.78 is 5.30. The van der Waals surface area contributed by atoms with Gasteiger partial charge in [-0.15, -0.1) is 11.3 Å². The fraction of sp³-hybridized carbons (Fsp3) is 0.294. The summed E-state index contributed by atoms with van der Waals surface area (Å²) >= 11 is 3.17. The van der Waals surface area contributed by atoms with Crippen molar-refractivity contribution >= 4 is 38.9 Å². The topological polar surface area (TPSA) is 45.2 Å². The van der Waals surface area contributed by atoms with Gasteiger partial charge >= 0.3 is 0 Å². The Morgan fingerprint density at radius 3 is 3.04 bits per heavy atom. The first-order chi connectivity index (χ1) is 11.3. The lowest BCUT2D eigenvalue weighted by molar-refractivity contribution is 0.0740. The molecule has 0 radical (unpaired) electrons. The third-order valence-corrected chi connectivity index (χ3v) is 6.03. The van der Waals surface area contributed by atoms with Crippen LogP contribution in [0.15, 0.2) is 41.9 Å². The van der Waals surface area contributed by atoms with Gasteiger partial charge in [-0.2, -0.15) is 0 Å². The molecule has 4 nitrogen and oxygen atoms in total. The zero-order valence-electron chi connectivity index (χ0n) is 12.6. The Kier molecular flexibility index (Phi) is 4.11. The van der Waals surface area contributed by atoms with Crippen molar-refractivity contribution in [1.29, 1.82) is 0 Å². The minimum Gasteiger partial charge on any atom is -0.350 e. The van der Waals surface area contributed by atoms with Gasteiger partial charge in [0.2, 0.25) is 0 Å². The number of thiophene rings is 1. The molecule has 1 unspecified atom stereocenters. The number of carbonyl (C=O) groups is 1. The first kappa shape index (κ1) is 14.8. The summed E-state index contributed by atoms with van der Waals surface area (Å²) in [5, 5.41) is 6.10. The van der Waals surface area contributed by atoms with Crippen LogP contribution in [-0.2, 0) is 6.54 Å². The third kappa shape index (κ3) is 3.02. The first-order valence-electron chi connectivity index (χ1n) is 7.69. The largest absolute Gasteiger partial charge is 0.350 e. The van der Waals surface area contributed by atoms with Crippen molar-refractivity contribution in [2.45, 2.75) is 19.0 Å². The van der Waals surface area contributed by atoms with Crippen molar-refractivity contribution in [3.63, 3.8) is 0 Å². The summed E-state index contributed by atoms with van der Waals surface area (Å²) in [4.78, 5) is 16.1. The van der Waals surface area contributed by atoms with Gasteiger partial charge in [-0.1, -0.05) is 18.2 Å². The molecule has 1 aliphatic heterocycles. The van der Waals surface area contributed by atoms with Crippen LogP contribution in [0, 0.1) is 0 Å². The van der Waals surface area contributed by atoms with Gasteiger partial charge < -0.3 is 5.32 Å². The number of amides is 1. The molecule has 1 fully saturated rings. The maximum atomic E-state index is 12.5. The van der Waals surface area contributed by atoms with E-state index < -0.39 is 0 Å². The molecular formula is C17H17N3OS2. The lowest BCUT2D eigenvalue weighted by Crippen LogP contribution is -2.52. The van der Waals surface area contributed by atoms with Gasteiger partial charge in [0, 0.05) is 52.2 Å². The van der Waals surface area contributed by atoms with Gasteiger partial charge in [-0.05, 0) is 30.1 Å². The molecule has 2 aromatic heterocycles. The maximum absolute atomic E-state index is 12.5. The van der Waals surface area contributed by atoms with Crippen LogP contribution in [0.25, 0.3) is 10.1 Å². The number of aromatic nitrogens is 1. The average molecular weight is 343 g/mol. The van der Waals surface area contributed by atoms with Crippen molar-refractivity contribution in [1.82, 2.24) is 14.6 Å². The zero-order chi connectivity index (χ0) is 15.6. The number of rotatable bonds is 5. The van der Waals surface area contributed by atoms with E-state index >= 15 is 0 Å². The van der Waals surface area contributed by atoms with Gasteiger partial charge in [0.1, 0.15) is 0 Å². The number of benzene rings is 1. The van der Waals surface area contributed by atoms with Crippen LogP contribution in [0.1, 0.15) is 21.7 Å². The third-order valence-electron chi connectivity index (χ3n) is 4.34. The van der Waals surface area contributed by atoms with E-state index in [1.165, 1.54) is 4.88 Å². The molecule has 0 bridgehead atoms. The van der Waals surface area contributed by atoms with E-state index in [0.29, 0.717) is 12.6 Å². The van der Waals surface area contributed by atoms with Crippen molar-refractivity contribution in [3.05, 3.63) is 52.3 Å². The highest BCUT2D eigenvalue weighted by molar-refractivity contribution is 7.17. The van der Waals surface area contributed by atoms with Crippen LogP contribution < -0.4 is 5.32 Å². The van der Waals surface area contributed by atoms with Crippen LogP contribution in [0.4, 0.5) is 0 Å². The number of carbonyl (C=O) groups excluding carboxylic acids is 1. The SMILES string of the molecule is O=C(NCC1CCN1Cc1ccns1)c1csc2ccccc12. The van der Waals surface area contributed by atoms with Crippen LogP contribution >= 0.6 is 22.9 Å². The highest BCUT2D eigenvalue weighted by Gasteiger charge is 2.28. The summed E-state index contributed by atoms with van der Waals surface area (Å²) in [7, 11) is 0. The van der Waals surface area contributed by atoms with Gasteiger partial charge in [0.05, 0.1) is 5.56 Å². The standard InChI is InChI=1S/C17H17N3OS2/c21-17(15-11-22-16-4-2-1-3-14(15)16)18-9-12-6-8-20(12)10-13-5-7-19-23-13/h1-5,7,11-12H,6,8-10H2,(H,18,21). The molecule has 118 valence electrons. The molecule has 1 saturated heterocycles. The molecule has 3 heterocycles. The Morgan fingerprint density at radius 1 is 1.35 bits per heavy atom. The fourth-order valence-electron chi connectivity index (χ4n) is 2.92. The molecule has 0 saturated carbocycles. The van der Waals surface area contributed by atoms with E-state index in [2.05, 4.69) is 26.7 Å². The lowest BCUT2D eigenvalue weighted by atomic mass is 10.0. The summed E-state index contributed by atoms with van der Waals surface area (Å²) in [5.41, 5.74) is 0.791. The van der Waals surface area contributed by atoms with E-state index in [4.69, 9.17) is 0 Å². The molecule has 1 aliphatic rings. The molecule has 1 aromatic carbocycles. The molecular weight excluding hydrogens is 326 g/mol. The van der Waals surface area contributed by atoms with Gasteiger partial charge in [-0.25, -0.2) is 4.37 Å². The second-order valence-electron chi connectivity index (χ2n) is 5.75. The van der Waals surface area contributed by atoms with E-state index in [0.717, 1.165) is 35.2 Å². The molecule has 6 heteroatoms. The normalized spacial score (nSPS) is 18.0. The van der Waals surface area contributed by atoms with Crippen LogP contribution in [0.3, 0.4) is 0 Å². The smallest absolute Gasteiger partial charge is 0.252 e. The fourth-order valence-corrected chi connectivity index (χ4v) is 4.46. The van der Waals surface area contributed by atoms with Crippen LogP contribution in [0.5, 0.6) is 0 Å². The summed E-state index contributed by atoms with van der Waals surface area (Å²) in [6.07, 6.45) is 2.99. The second kappa shape index (κ2) is 6.39. The zero-order valence-corrected chi connectivity index (χ0v) is 14.2. The number of nitrogens with zero attached hydrogens (tertiary/aromatic N) is 2. The lowest BCUT2D eigenvalue weighted by Gasteiger charge is -2.40. The molecule has 1 N–H and O–H groups in total. The molecule has 4 rings (SSSR count). The monoisotopic (exact) mass is 343 g/mol. The number of hydrogen-bond donors (Lipinski definition) is 1. The number of nitrogens with one attached hydrogen (secondary N) is 1. The predicted octanol–water partition coefficient (Wildman–Crippen LogP) is 3.36. The Balaban J connectivity index is 1.36. The minimum atomic E-state index is 0.0343. The minimum absolute atomic E-state index is 0.0343. The van der Waals surface area contributed by atoms with Crippen LogP contribution in [0.2, 0.25) is 0 Å². The van der Waals surface area contributed by atoms with E-state index in [1.54, 1.807) is 22.9 Å². The summed E-state index contributed by atoms with van der Waals surface area (Å²) in [6, 6.07) is 10.6. The van der Waals surface area contributed by atoms with Crippen LogP contribution in [-0.4, -0.2) is 34.3 Å². The molecule has 0 aliphatic carbocycles. The maximum Gasteiger partial charge on any atom is 0.252 e. The number of hydrogen-bond acceptors (Lipinski definition) is 5. The quantitative estimate of drug-likeness (QED) is 0.773. The highest BCUT2D eigenvalue weighted by Crippen LogP contribution is 2.26. The number of fused-ring (bicyclic) bond motifs is 1. The van der Waals surface area contributed by atoms with Crippen molar-refractivity contribution in [2.24, 2.45) is 0 Å². The number of likely N-dealkylation sites (tertiary alicyclic amines) is 1. The molecule has 0 spiro atoms. The Hall–Kier alpha value is -1.76. The second-order valence-corrected chi connectivity index (χ2v) is 7.58. The summed E-state index contributed by atoms with van der Waals surface area (Å²) in [6.45, 7) is 2.74. The first-order valence-corrected chi connectivity index (χ1v) is 9.34. The van der Waals surface area contributed by atoms with E-state index in [9.17, 15) is 4.79 Å². The van der Waals surface area contributed by atoms with Gasteiger partial charge in [0.15, 0.2) is 0 Å². The molecule has 3 aromatic rings. The Labute approximate surface area is 142 Å². The molecule has 23 heavy (non-hydrogen) atoms. The van der Waals surface area contributed by atoms with Crippen molar-refractivity contribution in [3.8, 4) is 0 Å². The van der Waals surface area contributed by atoms with Gasteiger partial charge in [-0.3, -0.25) is 9.69 Å². The predicted molar refractivity (Wildman–Crippen MR) is 95.1 cm³/mol. The van der Waals surface area contributed by atoms with Crippen molar-refractivity contribution in [2.75, 3.05) is 13.1 Å². The Morgan fingerprint density at radius 2 is 2.26 bits per heavy atom. The molecule has 1 amide bonds. The van der Waals surface area contributed by atoms with Gasteiger partial charge in [0.25, 0.3) is 5.91 Å². The summed E-state index contributed by atoms with van der Waals surface area (Å²) in [5.74, 6) is 0.0343. The van der Waals surface area contributed by atoms with Crippen molar-refractivity contribution < 1.29 is 4.79 Å².